The van der Waals surface area contributed by atoms with E-state index in [9.17, 15) is 0 Å². The predicted octanol–water partition coefficient (Wildman–Crippen LogP) is 3.54. The summed E-state index contributed by atoms with van der Waals surface area (Å²) in [5, 5.41) is 0. The zero-order valence-corrected chi connectivity index (χ0v) is 9.97. The topological polar surface area (TPSA) is 3.24 Å². The van der Waals surface area contributed by atoms with Gasteiger partial charge in [-0.2, -0.15) is 0 Å². The van der Waals surface area contributed by atoms with Crippen molar-refractivity contribution >= 4 is 0 Å². The first-order chi connectivity index (χ1) is 6.24. The van der Waals surface area contributed by atoms with E-state index in [1.54, 1.807) is 0 Å². The van der Waals surface area contributed by atoms with E-state index in [2.05, 4.69) is 32.7 Å². The molecule has 0 unspecified atom stereocenters. The van der Waals surface area contributed by atoms with Gasteiger partial charge < -0.3 is 4.90 Å². The van der Waals surface area contributed by atoms with Crippen LogP contribution in [0.5, 0.6) is 0 Å². The maximum atomic E-state index is 2.43. The van der Waals surface area contributed by atoms with Gasteiger partial charge >= 0.3 is 0 Å². The summed E-state index contributed by atoms with van der Waals surface area (Å²) in [6.45, 7) is 9.30. The second kappa shape index (κ2) is 8.55. The van der Waals surface area contributed by atoms with Crippen LogP contribution in [0.4, 0.5) is 0 Å². The van der Waals surface area contributed by atoms with Crippen LogP contribution in [0.1, 0.15) is 52.9 Å². The van der Waals surface area contributed by atoms with Crippen molar-refractivity contribution < 1.29 is 0 Å². The largest absolute Gasteiger partial charge is 0.306 e. The molecule has 0 aliphatic carbocycles. The summed E-state index contributed by atoms with van der Waals surface area (Å²) >= 11 is 0. The van der Waals surface area contributed by atoms with Crippen LogP contribution in [0.3, 0.4) is 0 Å². The van der Waals surface area contributed by atoms with E-state index in [0.717, 1.165) is 5.92 Å². The van der Waals surface area contributed by atoms with Crippen molar-refractivity contribution in [2.24, 2.45) is 5.92 Å². The summed E-state index contributed by atoms with van der Waals surface area (Å²) in [5.74, 6) is 0.927. The van der Waals surface area contributed by atoms with Gasteiger partial charge in [-0.3, -0.25) is 0 Å². The van der Waals surface area contributed by atoms with Gasteiger partial charge in [-0.15, -0.1) is 0 Å². The quantitative estimate of drug-likeness (QED) is 0.523. The third-order valence-corrected chi connectivity index (χ3v) is 2.90. The zero-order chi connectivity index (χ0) is 10.1. The van der Waals surface area contributed by atoms with Crippen LogP contribution in [0, 0.1) is 5.92 Å². The average Bonchev–Trinajstić information content (AvgIpc) is 2.16. The molecule has 0 aromatic carbocycles. The summed E-state index contributed by atoms with van der Waals surface area (Å²) in [5.41, 5.74) is 0. The van der Waals surface area contributed by atoms with E-state index in [-0.39, 0.29) is 0 Å². The molecule has 0 saturated carbocycles. The molecule has 0 rings (SSSR count). The highest BCUT2D eigenvalue weighted by atomic mass is 15.1. The smallest absolute Gasteiger partial charge is 0.000639 e. The second-order valence-corrected chi connectivity index (χ2v) is 4.12. The lowest BCUT2D eigenvalue weighted by Gasteiger charge is -2.21. The molecule has 0 spiro atoms. The van der Waals surface area contributed by atoms with Gasteiger partial charge in [0.15, 0.2) is 0 Å². The van der Waals surface area contributed by atoms with Crippen molar-refractivity contribution in [2.45, 2.75) is 52.9 Å². The Hall–Kier alpha value is -0.0400. The molecule has 0 radical (unpaired) electrons. The lowest BCUT2D eigenvalue weighted by Crippen LogP contribution is -2.25. The van der Waals surface area contributed by atoms with Gasteiger partial charge in [0.05, 0.1) is 0 Å². The molecule has 0 heterocycles. The Morgan fingerprint density at radius 1 is 1.08 bits per heavy atom. The Balaban J connectivity index is 3.50. The van der Waals surface area contributed by atoms with E-state index >= 15 is 0 Å². The fraction of sp³-hybridized carbons (Fsp3) is 1.00. The van der Waals surface area contributed by atoms with Crippen LogP contribution in [0.2, 0.25) is 0 Å². The molecular weight excluding hydrogens is 158 g/mol. The van der Waals surface area contributed by atoms with E-state index in [0.29, 0.717) is 0 Å². The molecule has 0 aliphatic heterocycles. The zero-order valence-electron chi connectivity index (χ0n) is 9.97. The van der Waals surface area contributed by atoms with Gasteiger partial charge in [0.25, 0.3) is 0 Å². The lowest BCUT2D eigenvalue weighted by atomic mass is 9.98. The first-order valence-corrected chi connectivity index (χ1v) is 5.93. The Morgan fingerprint density at radius 3 is 2.23 bits per heavy atom. The van der Waals surface area contributed by atoms with Crippen LogP contribution < -0.4 is 0 Å². The minimum absolute atomic E-state index is 0.927. The molecule has 0 amide bonds. The minimum atomic E-state index is 0.927. The van der Waals surface area contributed by atoms with Crippen LogP contribution in [0.25, 0.3) is 0 Å². The van der Waals surface area contributed by atoms with Gasteiger partial charge in [0, 0.05) is 6.54 Å². The maximum Gasteiger partial charge on any atom is 0.000639 e. The second-order valence-electron chi connectivity index (χ2n) is 4.12. The molecule has 0 N–H and O–H groups in total. The molecule has 1 heteroatoms. The molecule has 0 aliphatic rings. The number of hydrogen-bond donors (Lipinski definition) is 0. The van der Waals surface area contributed by atoms with Gasteiger partial charge in [-0.25, -0.2) is 0 Å². The third-order valence-electron chi connectivity index (χ3n) is 2.90. The standard InChI is InChI=1S/C12H27N/c1-5-8-9-10-12(6-2)11-13(4)7-3/h12H,5-11H2,1-4H3/t12-/m1/s1. The normalized spacial score (nSPS) is 13.6. The van der Waals surface area contributed by atoms with E-state index in [1.165, 1.54) is 45.2 Å². The Labute approximate surface area is 84.5 Å². The molecule has 0 bridgehead atoms. The van der Waals surface area contributed by atoms with Crippen molar-refractivity contribution in [3.05, 3.63) is 0 Å². The SMILES string of the molecule is CCCCC[C@@H](CC)CN(C)CC. The van der Waals surface area contributed by atoms with Gasteiger partial charge in [0.2, 0.25) is 0 Å². The number of nitrogens with zero attached hydrogens (tertiary/aromatic N) is 1. The molecule has 0 aromatic rings. The van der Waals surface area contributed by atoms with Gasteiger partial charge in [-0.05, 0) is 25.9 Å². The van der Waals surface area contributed by atoms with Gasteiger partial charge in [0.1, 0.15) is 0 Å². The first kappa shape index (κ1) is 13.0. The highest BCUT2D eigenvalue weighted by molar-refractivity contribution is 4.61. The molecule has 1 atom stereocenters. The van der Waals surface area contributed by atoms with Crippen molar-refractivity contribution in [2.75, 3.05) is 20.1 Å². The minimum Gasteiger partial charge on any atom is -0.306 e. The van der Waals surface area contributed by atoms with Gasteiger partial charge in [-0.1, -0.05) is 46.5 Å². The average molecular weight is 185 g/mol. The third kappa shape index (κ3) is 7.06. The lowest BCUT2D eigenvalue weighted by molar-refractivity contribution is 0.269. The highest BCUT2D eigenvalue weighted by Gasteiger charge is 2.07. The summed E-state index contributed by atoms with van der Waals surface area (Å²) < 4.78 is 0. The van der Waals surface area contributed by atoms with Crippen molar-refractivity contribution in [3.8, 4) is 0 Å². The Kier molecular flexibility index (Phi) is 8.53. The van der Waals surface area contributed by atoms with E-state index in [1.807, 2.05) is 0 Å². The molecule has 80 valence electrons. The molecule has 0 aromatic heterocycles. The van der Waals surface area contributed by atoms with Crippen molar-refractivity contribution in [1.82, 2.24) is 4.90 Å². The van der Waals surface area contributed by atoms with Crippen LogP contribution in [-0.2, 0) is 0 Å². The maximum absolute atomic E-state index is 2.43. The summed E-state index contributed by atoms with van der Waals surface area (Å²) in [7, 11) is 2.22. The molecule has 1 nitrogen and oxygen atoms in total. The van der Waals surface area contributed by atoms with Crippen molar-refractivity contribution in [3.63, 3.8) is 0 Å². The van der Waals surface area contributed by atoms with Crippen LogP contribution >= 0.6 is 0 Å². The first-order valence-electron chi connectivity index (χ1n) is 5.93. The summed E-state index contributed by atoms with van der Waals surface area (Å²) in [6.07, 6.45) is 6.95. The summed E-state index contributed by atoms with van der Waals surface area (Å²) in [6, 6.07) is 0. The molecule has 13 heavy (non-hydrogen) atoms. The predicted molar refractivity (Wildman–Crippen MR) is 61.1 cm³/mol. The highest BCUT2D eigenvalue weighted by Crippen LogP contribution is 2.14. The van der Waals surface area contributed by atoms with E-state index in [4.69, 9.17) is 0 Å². The number of hydrogen-bond acceptors (Lipinski definition) is 1. The number of rotatable bonds is 8. The fourth-order valence-electron chi connectivity index (χ4n) is 1.68. The summed E-state index contributed by atoms with van der Waals surface area (Å²) in [4.78, 5) is 2.43. The molecule has 0 saturated heterocycles. The fourth-order valence-corrected chi connectivity index (χ4v) is 1.68. The van der Waals surface area contributed by atoms with Crippen LogP contribution in [0.15, 0.2) is 0 Å². The molecule has 0 fully saturated rings. The monoisotopic (exact) mass is 185 g/mol. The van der Waals surface area contributed by atoms with Crippen molar-refractivity contribution in [1.29, 1.82) is 0 Å². The number of unbranched alkanes of at least 4 members (excludes halogenated alkanes) is 2. The van der Waals surface area contributed by atoms with E-state index < -0.39 is 0 Å². The Bertz CT molecular complexity index is 101. The molecular formula is C12H27N. The Morgan fingerprint density at radius 2 is 1.77 bits per heavy atom. The van der Waals surface area contributed by atoms with Crippen LogP contribution in [-0.4, -0.2) is 25.0 Å².